The number of carbonyl (C=O) groups excluding carboxylic acids is 2. The fourth-order valence-corrected chi connectivity index (χ4v) is 3.80. The third-order valence-electron chi connectivity index (χ3n) is 5.44. The molecule has 160 valence electrons. The molecule has 0 radical (unpaired) electrons. The van der Waals surface area contributed by atoms with Gasteiger partial charge in [-0.15, -0.1) is 0 Å². The Balaban J connectivity index is 1.13. The maximum atomic E-state index is 12.4. The van der Waals surface area contributed by atoms with E-state index in [2.05, 4.69) is 23.4 Å². The second-order valence-electron chi connectivity index (χ2n) is 7.74. The Labute approximate surface area is 185 Å². The summed E-state index contributed by atoms with van der Waals surface area (Å²) in [6.07, 6.45) is 4.08. The molecule has 32 heavy (non-hydrogen) atoms. The Morgan fingerprint density at radius 3 is 2.34 bits per heavy atom. The number of fused-ring (bicyclic) bond motifs is 2. The predicted molar refractivity (Wildman–Crippen MR) is 121 cm³/mol. The topological polar surface area (TPSA) is 75.9 Å². The highest BCUT2D eigenvalue weighted by Crippen LogP contribution is 2.22. The first kappa shape index (κ1) is 19.8. The van der Waals surface area contributed by atoms with Gasteiger partial charge in [0.15, 0.2) is 0 Å². The number of hydrogen-bond donors (Lipinski definition) is 1. The van der Waals surface area contributed by atoms with Crippen molar-refractivity contribution in [1.82, 2.24) is 14.3 Å². The van der Waals surface area contributed by atoms with Crippen LogP contribution in [0.1, 0.15) is 32.0 Å². The highest BCUT2D eigenvalue weighted by molar-refractivity contribution is 6.21. The fraction of sp³-hybridized carbons (Fsp3) is 0.160. The van der Waals surface area contributed by atoms with Crippen LogP contribution in [0, 0.1) is 6.92 Å². The molecule has 0 fully saturated rings. The van der Waals surface area contributed by atoms with Crippen LogP contribution in [-0.2, 0) is 6.54 Å². The molecule has 5 rings (SSSR count). The minimum Gasteiger partial charge on any atom is -0.492 e. The summed E-state index contributed by atoms with van der Waals surface area (Å²) >= 11 is 0. The van der Waals surface area contributed by atoms with Crippen LogP contribution in [0.4, 0.5) is 5.69 Å². The molecule has 0 bridgehead atoms. The summed E-state index contributed by atoms with van der Waals surface area (Å²) < 4.78 is 7.77. The number of hydrogen-bond acceptors (Lipinski definition) is 5. The minimum absolute atomic E-state index is 0.208. The molecule has 2 amide bonds. The number of pyridine rings is 1. The zero-order valence-corrected chi connectivity index (χ0v) is 17.6. The number of imidazole rings is 1. The van der Waals surface area contributed by atoms with Gasteiger partial charge in [-0.05, 0) is 55.0 Å². The number of benzene rings is 2. The summed E-state index contributed by atoms with van der Waals surface area (Å²) in [6.45, 7) is 3.11. The third kappa shape index (κ3) is 3.80. The molecule has 7 heteroatoms. The first-order chi connectivity index (χ1) is 15.6. The lowest BCUT2D eigenvalue weighted by molar-refractivity contribution is 0.0631. The van der Waals surface area contributed by atoms with E-state index in [0.717, 1.165) is 17.0 Å². The summed E-state index contributed by atoms with van der Waals surface area (Å²) in [7, 11) is 0. The maximum absolute atomic E-state index is 12.4. The SMILES string of the molecule is Cc1ccc2nc(CNc3ccc(OCCN4C(=O)c5ccccc5C4=O)cc3)cn2c1. The van der Waals surface area contributed by atoms with E-state index in [4.69, 9.17) is 4.74 Å². The van der Waals surface area contributed by atoms with Crippen molar-refractivity contribution in [2.24, 2.45) is 0 Å². The lowest BCUT2D eigenvalue weighted by Crippen LogP contribution is -2.33. The minimum atomic E-state index is -0.268. The Hall–Kier alpha value is -4.13. The molecular formula is C25H22N4O3. The monoisotopic (exact) mass is 426 g/mol. The Morgan fingerprint density at radius 2 is 1.62 bits per heavy atom. The summed E-state index contributed by atoms with van der Waals surface area (Å²) in [5.41, 5.74) is 4.92. The van der Waals surface area contributed by atoms with Crippen LogP contribution in [0.3, 0.4) is 0 Å². The van der Waals surface area contributed by atoms with Gasteiger partial charge in [-0.3, -0.25) is 14.5 Å². The molecule has 0 saturated carbocycles. The molecule has 7 nitrogen and oxygen atoms in total. The van der Waals surface area contributed by atoms with Crippen LogP contribution in [-0.4, -0.2) is 39.3 Å². The van der Waals surface area contributed by atoms with Gasteiger partial charge in [-0.1, -0.05) is 18.2 Å². The van der Waals surface area contributed by atoms with E-state index in [1.54, 1.807) is 24.3 Å². The van der Waals surface area contributed by atoms with Crippen molar-refractivity contribution in [3.8, 4) is 5.75 Å². The molecule has 0 unspecified atom stereocenters. The molecular weight excluding hydrogens is 404 g/mol. The Kier molecular flexibility index (Phi) is 5.07. The van der Waals surface area contributed by atoms with Crippen molar-refractivity contribution in [3.63, 3.8) is 0 Å². The highest BCUT2D eigenvalue weighted by atomic mass is 16.5. The number of aromatic nitrogens is 2. The molecule has 0 atom stereocenters. The number of anilines is 1. The van der Waals surface area contributed by atoms with E-state index in [-0.39, 0.29) is 25.0 Å². The van der Waals surface area contributed by atoms with Crippen molar-refractivity contribution < 1.29 is 14.3 Å². The molecule has 0 saturated heterocycles. The molecule has 1 aliphatic heterocycles. The summed E-state index contributed by atoms with van der Waals surface area (Å²) in [5, 5.41) is 3.36. The van der Waals surface area contributed by atoms with E-state index in [9.17, 15) is 9.59 Å². The van der Waals surface area contributed by atoms with E-state index in [1.807, 2.05) is 47.0 Å². The van der Waals surface area contributed by atoms with Crippen LogP contribution in [0.5, 0.6) is 5.75 Å². The number of nitrogens with zero attached hydrogens (tertiary/aromatic N) is 3. The third-order valence-corrected chi connectivity index (χ3v) is 5.44. The standard InChI is InChI=1S/C25H22N4O3/c1-17-6-11-23-27-19(16-28(23)15-17)14-26-18-7-9-20(10-8-18)32-13-12-29-24(30)21-4-2-3-5-22(21)25(29)31/h2-11,15-16,26H,12-14H2,1H3. The van der Waals surface area contributed by atoms with E-state index in [1.165, 1.54) is 10.5 Å². The number of rotatable bonds is 7. The lowest BCUT2D eigenvalue weighted by Gasteiger charge is -2.14. The average Bonchev–Trinajstić information content (AvgIpc) is 3.32. The molecule has 4 aromatic rings. The molecule has 1 N–H and O–H groups in total. The number of amides is 2. The van der Waals surface area contributed by atoms with Crippen LogP contribution in [0.25, 0.3) is 5.65 Å². The van der Waals surface area contributed by atoms with E-state index >= 15 is 0 Å². The predicted octanol–water partition coefficient (Wildman–Crippen LogP) is 3.93. The van der Waals surface area contributed by atoms with Crippen LogP contribution < -0.4 is 10.1 Å². The normalized spacial score (nSPS) is 13.0. The number of carbonyl (C=O) groups is 2. The van der Waals surface area contributed by atoms with Gasteiger partial charge in [0, 0.05) is 18.1 Å². The van der Waals surface area contributed by atoms with E-state index < -0.39 is 0 Å². The largest absolute Gasteiger partial charge is 0.492 e. The van der Waals surface area contributed by atoms with Gasteiger partial charge in [-0.2, -0.15) is 0 Å². The first-order valence-electron chi connectivity index (χ1n) is 10.4. The second kappa shape index (κ2) is 8.19. The number of imide groups is 1. The Bertz CT molecular complexity index is 1280. The van der Waals surface area contributed by atoms with E-state index in [0.29, 0.717) is 23.4 Å². The second-order valence-corrected chi connectivity index (χ2v) is 7.74. The summed E-state index contributed by atoms with van der Waals surface area (Å²) in [6, 6.07) is 18.5. The van der Waals surface area contributed by atoms with Gasteiger partial charge in [0.1, 0.15) is 18.0 Å². The lowest BCUT2D eigenvalue weighted by atomic mass is 10.1. The number of ether oxygens (including phenoxy) is 1. The van der Waals surface area contributed by atoms with Gasteiger partial charge in [0.05, 0.1) is 29.9 Å². The van der Waals surface area contributed by atoms with Crippen molar-refractivity contribution >= 4 is 23.1 Å². The highest BCUT2D eigenvalue weighted by Gasteiger charge is 2.34. The molecule has 2 aromatic carbocycles. The number of aryl methyl sites for hydroxylation is 1. The maximum Gasteiger partial charge on any atom is 0.261 e. The summed E-state index contributed by atoms with van der Waals surface area (Å²) in [5.74, 6) is 0.141. The van der Waals surface area contributed by atoms with Crippen LogP contribution in [0.2, 0.25) is 0 Å². The smallest absolute Gasteiger partial charge is 0.261 e. The van der Waals surface area contributed by atoms with Crippen molar-refractivity contribution in [2.45, 2.75) is 13.5 Å². The van der Waals surface area contributed by atoms with Crippen molar-refractivity contribution in [2.75, 3.05) is 18.5 Å². The average molecular weight is 426 g/mol. The zero-order valence-electron chi connectivity index (χ0n) is 17.6. The van der Waals surface area contributed by atoms with Gasteiger partial charge in [-0.25, -0.2) is 4.98 Å². The van der Waals surface area contributed by atoms with Crippen LogP contribution >= 0.6 is 0 Å². The van der Waals surface area contributed by atoms with Gasteiger partial charge in [0.2, 0.25) is 0 Å². The van der Waals surface area contributed by atoms with Gasteiger partial charge in [0.25, 0.3) is 11.8 Å². The summed E-state index contributed by atoms with van der Waals surface area (Å²) in [4.78, 5) is 30.6. The molecule has 1 aliphatic rings. The molecule has 2 aromatic heterocycles. The fourth-order valence-electron chi connectivity index (χ4n) is 3.80. The quantitative estimate of drug-likeness (QED) is 0.453. The zero-order chi connectivity index (χ0) is 22.1. The number of nitrogens with one attached hydrogen (secondary N) is 1. The van der Waals surface area contributed by atoms with Crippen molar-refractivity contribution in [3.05, 3.63) is 95.4 Å². The first-order valence-corrected chi connectivity index (χ1v) is 10.4. The van der Waals surface area contributed by atoms with Gasteiger partial charge < -0.3 is 14.5 Å². The van der Waals surface area contributed by atoms with Crippen molar-refractivity contribution in [1.29, 1.82) is 0 Å². The van der Waals surface area contributed by atoms with Gasteiger partial charge >= 0.3 is 0 Å². The Morgan fingerprint density at radius 1 is 0.906 bits per heavy atom. The molecule has 0 aliphatic carbocycles. The van der Waals surface area contributed by atoms with Crippen LogP contribution in [0.15, 0.2) is 73.1 Å². The molecule has 0 spiro atoms. The molecule has 3 heterocycles.